The van der Waals surface area contributed by atoms with Crippen LogP contribution >= 0.6 is 0 Å². The lowest BCUT2D eigenvalue weighted by Gasteiger charge is -2.22. The Kier molecular flexibility index (Phi) is 2.52. The monoisotopic (exact) mass is 220 g/mol. The molecule has 0 bridgehead atoms. The first-order chi connectivity index (χ1) is 7.58. The van der Waals surface area contributed by atoms with E-state index in [0.29, 0.717) is 5.69 Å². The Balaban J connectivity index is 2.28. The molecule has 0 saturated carbocycles. The maximum Gasteiger partial charge on any atom is 0.328 e. The molecule has 1 aliphatic heterocycles. The molecular weight excluding hydrogens is 208 g/mol. The van der Waals surface area contributed by atoms with Crippen LogP contribution in [0.2, 0.25) is 0 Å². The Morgan fingerprint density at radius 2 is 2.06 bits per heavy atom. The second-order valence-corrected chi connectivity index (χ2v) is 3.80. The number of aryl methyl sites for hydroxylation is 1. The van der Waals surface area contributed by atoms with E-state index in [1.807, 2.05) is 19.1 Å². The quantitative estimate of drug-likeness (QED) is 0.769. The van der Waals surface area contributed by atoms with Gasteiger partial charge < -0.3 is 5.11 Å². The number of carboxylic acid groups (broad SMARTS) is 1. The molecule has 1 fully saturated rings. The number of anilines is 1. The van der Waals surface area contributed by atoms with Crippen LogP contribution in [0.1, 0.15) is 12.0 Å². The number of nitrogens with zero attached hydrogens (tertiary/aromatic N) is 1. The number of rotatable bonds is 2. The molecule has 1 saturated heterocycles. The molecule has 5 heteroatoms. The second kappa shape index (κ2) is 3.84. The molecule has 1 aliphatic rings. The van der Waals surface area contributed by atoms with Gasteiger partial charge in [-0.3, -0.25) is 15.2 Å². The van der Waals surface area contributed by atoms with Crippen LogP contribution in [0.3, 0.4) is 0 Å². The average Bonchev–Trinajstić information content (AvgIpc) is 2.61. The van der Waals surface area contributed by atoms with Gasteiger partial charge in [0, 0.05) is 0 Å². The molecule has 84 valence electrons. The molecule has 2 rings (SSSR count). The van der Waals surface area contributed by atoms with Gasteiger partial charge in [-0.15, -0.1) is 0 Å². The fourth-order valence-electron chi connectivity index (χ4n) is 1.67. The van der Waals surface area contributed by atoms with Crippen molar-refractivity contribution in [1.82, 2.24) is 5.43 Å². The number of amides is 1. The van der Waals surface area contributed by atoms with Gasteiger partial charge in [0.2, 0.25) is 5.91 Å². The van der Waals surface area contributed by atoms with Gasteiger partial charge in [0.15, 0.2) is 6.04 Å². The molecule has 0 aliphatic carbocycles. The predicted octanol–water partition coefficient (Wildman–Crippen LogP) is 0.690. The third-order valence-electron chi connectivity index (χ3n) is 2.53. The first-order valence-electron chi connectivity index (χ1n) is 4.96. The number of hydrogen-bond donors (Lipinski definition) is 2. The second-order valence-electron chi connectivity index (χ2n) is 3.80. The molecule has 1 unspecified atom stereocenters. The summed E-state index contributed by atoms with van der Waals surface area (Å²) in [6.45, 7) is 1.95. The summed E-state index contributed by atoms with van der Waals surface area (Å²) in [6, 6.07) is 6.50. The number of carbonyl (C=O) groups is 2. The largest absolute Gasteiger partial charge is 0.480 e. The lowest BCUT2D eigenvalue weighted by molar-refractivity contribution is -0.138. The molecule has 2 N–H and O–H groups in total. The number of carboxylic acids is 1. The predicted molar refractivity (Wildman–Crippen MR) is 57.8 cm³/mol. The van der Waals surface area contributed by atoms with E-state index in [1.165, 1.54) is 5.01 Å². The minimum Gasteiger partial charge on any atom is -0.480 e. The fraction of sp³-hybridized carbons (Fsp3) is 0.273. The van der Waals surface area contributed by atoms with Crippen LogP contribution in [0.5, 0.6) is 0 Å². The van der Waals surface area contributed by atoms with Crippen molar-refractivity contribution in [2.24, 2.45) is 0 Å². The highest BCUT2D eigenvalue weighted by atomic mass is 16.4. The number of nitrogens with one attached hydrogen (secondary N) is 1. The van der Waals surface area contributed by atoms with E-state index in [4.69, 9.17) is 5.11 Å². The summed E-state index contributed by atoms with van der Waals surface area (Å²) in [5.74, 6) is -1.27. The average molecular weight is 220 g/mol. The van der Waals surface area contributed by atoms with E-state index < -0.39 is 12.0 Å². The van der Waals surface area contributed by atoms with Crippen LogP contribution in [-0.4, -0.2) is 23.0 Å². The van der Waals surface area contributed by atoms with E-state index in [-0.39, 0.29) is 12.3 Å². The summed E-state index contributed by atoms with van der Waals surface area (Å²) in [4.78, 5) is 22.2. The zero-order valence-electron chi connectivity index (χ0n) is 8.80. The zero-order valence-corrected chi connectivity index (χ0v) is 8.80. The van der Waals surface area contributed by atoms with Gasteiger partial charge in [-0.05, 0) is 19.1 Å². The van der Waals surface area contributed by atoms with Crippen molar-refractivity contribution in [3.63, 3.8) is 0 Å². The molecule has 0 radical (unpaired) electrons. The van der Waals surface area contributed by atoms with E-state index in [9.17, 15) is 9.59 Å². The van der Waals surface area contributed by atoms with Crippen molar-refractivity contribution in [3.05, 3.63) is 29.8 Å². The van der Waals surface area contributed by atoms with Crippen LogP contribution < -0.4 is 10.4 Å². The lowest BCUT2D eigenvalue weighted by atomic mass is 10.2. The molecule has 1 aromatic carbocycles. The van der Waals surface area contributed by atoms with Crippen molar-refractivity contribution in [2.45, 2.75) is 19.4 Å². The van der Waals surface area contributed by atoms with Crippen molar-refractivity contribution in [3.8, 4) is 0 Å². The maximum atomic E-state index is 11.2. The summed E-state index contributed by atoms with van der Waals surface area (Å²) < 4.78 is 0. The van der Waals surface area contributed by atoms with Crippen LogP contribution in [0.25, 0.3) is 0 Å². The van der Waals surface area contributed by atoms with Gasteiger partial charge in [-0.1, -0.05) is 17.7 Å². The van der Waals surface area contributed by atoms with E-state index >= 15 is 0 Å². The van der Waals surface area contributed by atoms with E-state index in [0.717, 1.165) is 5.56 Å². The van der Waals surface area contributed by atoms with Crippen molar-refractivity contribution >= 4 is 17.6 Å². The Morgan fingerprint density at radius 3 is 2.62 bits per heavy atom. The van der Waals surface area contributed by atoms with Gasteiger partial charge >= 0.3 is 5.97 Å². The summed E-state index contributed by atoms with van der Waals surface area (Å²) in [5, 5.41) is 10.4. The van der Waals surface area contributed by atoms with Crippen LogP contribution in [0, 0.1) is 6.92 Å². The summed E-state index contributed by atoms with van der Waals surface area (Å²) >= 11 is 0. The molecule has 5 nitrogen and oxygen atoms in total. The van der Waals surface area contributed by atoms with Gasteiger partial charge in [0.1, 0.15) is 0 Å². The van der Waals surface area contributed by atoms with Gasteiger partial charge in [-0.2, -0.15) is 0 Å². The van der Waals surface area contributed by atoms with Crippen molar-refractivity contribution < 1.29 is 14.7 Å². The highest BCUT2D eigenvalue weighted by molar-refractivity contribution is 5.92. The molecule has 0 aromatic heterocycles. The van der Waals surface area contributed by atoms with Crippen LogP contribution in [-0.2, 0) is 9.59 Å². The lowest BCUT2D eigenvalue weighted by Crippen LogP contribution is -2.42. The van der Waals surface area contributed by atoms with Gasteiger partial charge in [0.25, 0.3) is 0 Å². The molecular formula is C11H12N2O3. The summed E-state index contributed by atoms with van der Waals surface area (Å²) in [5.41, 5.74) is 4.30. The highest BCUT2D eigenvalue weighted by Gasteiger charge is 2.35. The first kappa shape index (κ1) is 10.5. The van der Waals surface area contributed by atoms with Gasteiger partial charge in [0.05, 0.1) is 12.1 Å². The number of aliphatic carboxylic acids is 1. The maximum absolute atomic E-state index is 11.2. The molecule has 1 amide bonds. The summed E-state index contributed by atoms with van der Waals surface area (Å²) in [6.07, 6.45) is -0.0107. The van der Waals surface area contributed by atoms with Gasteiger partial charge in [-0.25, -0.2) is 4.79 Å². The standard InChI is InChI=1S/C11H12N2O3/c1-7-2-4-8(5-3-7)13-9(11(15)16)6-10(14)12-13/h2-5,9H,6H2,1H3,(H,12,14)(H,15,16). The third kappa shape index (κ3) is 1.84. The third-order valence-corrected chi connectivity index (χ3v) is 2.53. The fourth-order valence-corrected chi connectivity index (χ4v) is 1.67. The number of benzene rings is 1. The normalized spacial score (nSPS) is 19.7. The molecule has 16 heavy (non-hydrogen) atoms. The minimum atomic E-state index is -1.00. The number of hydrogen-bond acceptors (Lipinski definition) is 3. The Hall–Kier alpha value is -2.04. The molecule has 1 atom stereocenters. The highest BCUT2D eigenvalue weighted by Crippen LogP contribution is 2.21. The Bertz CT molecular complexity index is 427. The summed E-state index contributed by atoms with van der Waals surface area (Å²) in [7, 11) is 0. The van der Waals surface area contributed by atoms with Crippen LogP contribution in [0.4, 0.5) is 5.69 Å². The Morgan fingerprint density at radius 1 is 1.44 bits per heavy atom. The number of hydrazine groups is 1. The molecule has 0 spiro atoms. The zero-order chi connectivity index (χ0) is 11.7. The number of carbonyl (C=O) groups excluding carboxylic acids is 1. The molecule has 1 heterocycles. The SMILES string of the molecule is Cc1ccc(N2NC(=O)CC2C(=O)O)cc1. The minimum absolute atomic E-state index is 0.0107. The first-order valence-corrected chi connectivity index (χ1v) is 4.96. The topological polar surface area (TPSA) is 69.6 Å². The van der Waals surface area contributed by atoms with E-state index in [2.05, 4.69) is 5.43 Å². The Labute approximate surface area is 92.6 Å². The van der Waals surface area contributed by atoms with Crippen molar-refractivity contribution in [1.29, 1.82) is 0 Å². The van der Waals surface area contributed by atoms with Crippen molar-refractivity contribution in [2.75, 3.05) is 5.01 Å². The van der Waals surface area contributed by atoms with Crippen LogP contribution in [0.15, 0.2) is 24.3 Å². The smallest absolute Gasteiger partial charge is 0.328 e. The van der Waals surface area contributed by atoms with E-state index in [1.54, 1.807) is 12.1 Å². The molecule has 1 aromatic rings.